The summed E-state index contributed by atoms with van der Waals surface area (Å²) in [6.45, 7) is 5.36. The minimum Gasteiger partial charge on any atom is -0.396 e. The minimum atomic E-state index is -0.153. The van der Waals surface area contributed by atoms with Crippen molar-refractivity contribution in [3.8, 4) is 0 Å². The fraction of sp³-hybridized carbons (Fsp3) is 0.929. The molecule has 4 heteroatoms. The summed E-state index contributed by atoms with van der Waals surface area (Å²) in [4.78, 5) is 11.1. The number of amides is 1. The first-order chi connectivity index (χ1) is 8.56. The first kappa shape index (κ1) is 15.4. The highest BCUT2D eigenvalue weighted by atomic mass is 16.3. The molecule has 1 amide bonds. The Hall–Kier alpha value is -0.610. The van der Waals surface area contributed by atoms with Crippen molar-refractivity contribution >= 4 is 5.91 Å². The van der Waals surface area contributed by atoms with Gasteiger partial charge < -0.3 is 16.2 Å². The molecule has 0 atom stereocenters. The Kier molecular flexibility index (Phi) is 6.09. The molecular weight excluding hydrogens is 228 g/mol. The van der Waals surface area contributed by atoms with Crippen molar-refractivity contribution in [1.29, 1.82) is 0 Å². The van der Waals surface area contributed by atoms with Crippen LogP contribution in [0.1, 0.15) is 52.4 Å². The largest absolute Gasteiger partial charge is 0.396 e. The maximum absolute atomic E-state index is 11.1. The third-order valence-corrected chi connectivity index (χ3v) is 4.73. The van der Waals surface area contributed by atoms with Gasteiger partial charge in [0.25, 0.3) is 0 Å². The molecule has 0 unspecified atom stereocenters. The Balaban J connectivity index is 2.35. The highest BCUT2D eigenvalue weighted by Crippen LogP contribution is 2.27. The Labute approximate surface area is 110 Å². The molecule has 1 aliphatic rings. The van der Waals surface area contributed by atoms with Crippen molar-refractivity contribution in [3.05, 3.63) is 0 Å². The number of hydrogen-bond donors (Lipinski definition) is 3. The number of primary amides is 1. The van der Waals surface area contributed by atoms with Gasteiger partial charge in [0.1, 0.15) is 0 Å². The highest BCUT2D eigenvalue weighted by molar-refractivity contribution is 5.76. The van der Waals surface area contributed by atoms with E-state index in [0.29, 0.717) is 6.04 Å². The maximum Gasteiger partial charge on any atom is 0.220 e. The summed E-state index contributed by atoms with van der Waals surface area (Å²) in [6, 6.07) is 0.477. The van der Waals surface area contributed by atoms with E-state index in [-0.39, 0.29) is 23.8 Å². The van der Waals surface area contributed by atoms with Crippen LogP contribution in [-0.4, -0.2) is 30.2 Å². The van der Waals surface area contributed by atoms with Crippen LogP contribution < -0.4 is 11.1 Å². The van der Waals surface area contributed by atoms with Gasteiger partial charge >= 0.3 is 0 Å². The number of rotatable bonds is 7. The first-order valence-electron chi connectivity index (χ1n) is 7.20. The summed E-state index contributed by atoms with van der Waals surface area (Å²) in [5.41, 5.74) is 5.34. The molecule has 1 saturated carbocycles. The molecule has 18 heavy (non-hydrogen) atoms. The summed E-state index contributed by atoms with van der Waals surface area (Å²) in [5, 5.41) is 13.1. The zero-order valence-electron chi connectivity index (χ0n) is 11.7. The average molecular weight is 256 g/mol. The average Bonchev–Trinajstić information content (AvgIpc) is 2.41. The van der Waals surface area contributed by atoms with Gasteiger partial charge in [-0.25, -0.2) is 0 Å². The number of nitrogens with two attached hydrogens (primary N) is 1. The number of carbonyl (C=O) groups excluding carboxylic acids is 1. The highest BCUT2D eigenvalue weighted by Gasteiger charge is 2.28. The van der Waals surface area contributed by atoms with Gasteiger partial charge in [-0.1, -0.05) is 13.8 Å². The van der Waals surface area contributed by atoms with E-state index in [1.54, 1.807) is 0 Å². The number of carbonyl (C=O) groups is 1. The van der Waals surface area contributed by atoms with E-state index >= 15 is 0 Å². The molecule has 1 fully saturated rings. The summed E-state index contributed by atoms with van der Waals surface area (Å²) in [6.07, 6.45) is 5.81. The van der Waals surface area contributed by atoms with E-state index < -0.39 is 0 Å². The first-order valence-corrected chi connectivity index (χ1v) is 7.20. The Morgan fingerprint density at radius 3 is 2.22 bits per heavy atom. The van der Waals surface area contributed by atoms with Crippen LogP contribution in [0.2, 0.25) is 0 Å². The monoisotopic (exact) mass is 256 g/mol. The van der Waals surface area contributed by atoms with Crippen molar-refractivity contribution in [2.24, 2.45) is 17.1 Å². The molecule has 1 rings (SSSR count). The number of aliphatic hydroxyl groups is 1. The Morgan fingerprint density at radius 1 is 1.28 bits per heavy atom. The molecule has 0 bridgehead atoms. The van der Waals surface area contributed by atoms with Crippen LogP contribution in [0.15, 0.2) is 0 Å². The lowest BCUT2D eigenvalue weighted by Crippen LogP contribution is -2.43. The molecule has 4 nitrogen and oxygen atoms in total. The molecule has 106 valence electrons. The molecule has 0 aromatic heterocycles. The van der Waals surface area contributed by atoms with Gasteiger partial charge in [0, 0.05) is 30.5 Å². The van der Waals surface area contributed by atoms with Gasteiger partial charge in [0.2, 0.25) is 5.91 Å². The zero-order chi connectivity index (χ0) is 13.6. The lowest BCUT2D eigenvalue weighted by atomic mass is 9.81. The van der Waals surface area contributed by atoms with E-state index in [0.717, 1.165) is 45.1 Å². The normalized spacial score (nSPS) is 25.1. The molecule has 0 heterocycles. The molecule has 0 radical (unpaired) electrons. The van der Waals surface area contributed by atoms with Gasteiger partial charge in [0.05, 0.1) is 0 Å². The molecule has 0 aliphatic heterocycles. The number of hydrogen-bond acceptors (Lipinski definition) is 3. The van der Waals surface area contributed by atoms with Gasteiger partial charge in [0.15, 0.2) is 0 Å². The quantitative estimate of drug-likeness (QED) is 0.645. The van der Waals surface area contributed by atoms with Crippen LogP contribution in [0.5, 0.6) is 0 Å². The van der Waals surface area contributed by atoms with Crippen molar-refractivity contribution < 1.29 is 9.90 Å². The van der Waals surface area contributed by atoms with Crippen LogP contribution in [0.25, 0.3) is 0 Å². The fourth-order valence-electron chi connectivity index (χ4n) is 2.72. The smallest absolute Gasteiger partial charge is 0.220 e. The number of aliphatic hydroxyl groups excluding tert-OH is 1. The lowest BCUT2D eigenvalue weighted by Gasteiger charge is -2.34. The van der Waals surface area contributed by atoms with Crippen molar-refractivity contribution in [2.75, 3.05) is 13.2 Å². The summed E-state index contributed by atoms with van der Waals surface area (Å²) in [7, 11) is 0. The molecule has 0 aromatic carbocycles. The topological polar surface area (TPSA) is 75.3 Å². The van der Waals surface area contributed by atoms with Gasteiger partial charge in [-0.15, -0.1) is 0 Å². The predicted molar refractivity (Wildman–Crippen MR) is 73.0 cm³/mol. The molecular formula is C14H28N2O2. The third kappa shape index (κ3) is 3.95. The Morgan fingerprint density at radius 2 is 1.83 bits per heavy atom. The van der Waals surface area contributed by atoms with Crippen molar-refractivity contribution in [2.45, 2.75) is 58.4 Å². The van der Waals surface area contributed by atoms with E-state index in [9.17, 15) is 9.90 Å². The summed E-state index contributed by atoms with van der Waals surface area (Å²) >= 11 is 0. The fourth-order valence-corrected chi connectivity index (χ4v) is 2.72. The second-order valence-corrected chi connectivity index (χ2v) is 5.70. The molecule has 4 N–H and O–H groups in total. The second-order valence-electron chi connectivity index (χ2n) is 5.70. The van der Waals surface area contributed by atoms with E-state index in [1.165, 1.54) is 0 Å². The molecule has 1 aliphatic carbocycles. The van der Waals surface area contributed by atoms with E-state index in [4.69, 9.17) is 5.73 Å². The van der Waals surface area contributed by atoms with Crippen LogP contribution in [0.4, 0.5) is 0 Å². The second kappa shape index (κ2) is 7.10. The molecule has 0 aromatic rings. The van der Waals surface area contributed by atoms with Crippen molar-refractivity contribution in [1.82, 2.24) is 5.32 Å². The Bertz CT molecular complexity index is 248. The SMILES string of the molecule is CCC(CC)(CO)CNC1CCC(C(N)=O)CC1. The van der Waals surface area contributed by atoms with Gasteiger partial charge in [-0.05, 0) is 38.5 Å². The maximum atomic E-state index is 11.1. The van der Waals surface area contributed by atoms with Crippen LogP contribution >= 0.6 is 0 Å². The van der Waals surface area contributed by atoms with Gasteiger partial charge in [-0.3, -0.25) is 4.79 Å². The predicted octanol–water partition coefficient (Wildman–Crippen LogP) is 1.42. The van der Waals surface area contributed by atoms with Crippen LogP contribution in [0.3, 0.4) is 0 Å². The molecule has 0 saturated heterocycles. The van der Waals surface area contributed by atoms with Crippen molar-refractivity contribution in [3.63, 3.8) is 0 Å². The number of nitrogens with one attached hydrogen (secondary N) is 1. The summed E-state index contributed by atoms with van der Waals surface area (Å²) < 4.78 is 0. The summed E-state index contributed by atoms with van der Waals surface area (Å²) in [5.74, 6) is -0.0803. The zero-order valence-corrected chi connectivity index (χ0v) is 11.7. The molecule has 0 spiro atoms. The van der Waals surface area contributed by atoms with Crippen LogP contribution in [0, 0.1) is 11.3 Å². The minimum absolute atomic E-state index is 0.0144. The lowest BCUT2D eigenvalue weighted by molar-refractivity contribution is -0.122. The van der Waals surface area contributed by atoms with Crippen LogP contribution in [-0.2, 0) is 4.79 Å². The van der Waals surface area contributed by atoms with E-state index in [2.05, 4.69) is 19.2 Å². The van der Waals surface area contributed by atoms with E-state index in [1.807, 2.05) is 0 Å². The van der Waals surface area contributed by atoms with Gasteiger partial charge in [-0.2, -0.15) is 0 Å². The standard InChI is InChI=1S/C14H28N2O2/c1-3-14(4-2,10-17)9-16-12-7-5-11(6-8-12)13(15)18/h11-12,16-17H,3-10H2,1-2H3,(H2,15,18). The third-order valence-electron chi connectivity index (χ3n) is 4.73.